The van der Waals surface area contributed by atoms with Crippen molar-refractivity contribution < 1.29 is 28.8 Å². The number of likely N-dealkylation sites (N-methyl/N-ethyl adjacent to an activating group) is 1. The van der Waals surface area contributed by atoms with Crippen LogP contribution in [-0.4, -0.2) is 67.7 Å². The third-order valence-electron chi connectivity index (χ3n) is 4.61. The zero-order valence-electron chi connectivity index (χ0n) is 19.7. The van der Waals surface area contributed by atoms with Crippen LogP contribution in [0.25, 0.3) is 0 Å². The molecule has 0 fully saturated rings. The van der Waals surface area contributed by atoms with Gasteiger partial charge in [0.15, 0.2) is 0 Å². The van der Waals surface area contributed by atoms with Gasteiger partial charge in [0, 0.05) is 30.8 Å². The molecule has 0 bridgehead atoms. The monoisotopic (exact) mass is 499 g/mol. The van der Waals surface area contributed by atoms with Crippen LogP contribution in [0.3, 0.4) is 0 Å². The Labute approximate surface area is 203 Å². The van der Waals surface area contributed by atoms with Gasteiger partial charge in [-0.15, -0.1) is 11.6 Å². The first-order valence-corrected chi connectivity index (χ1v) is 11.0. The van der Waals surface area contributed by atoms with Crippen LogP contribution in [0.2, 0.25) is 0 Å². The first kappa shape index (κ1) is 28.7. The average Bonchev–Trinajstić information content (AvgIpc) is 2.85. The molecule has 0 unspecified atom stereocenters. The molecule has 0 aliphatic rings. The number of halogens is 1. The van der Waals surface area contributed by atoms with E-state index in [1.54, 1.807) is 12.1 Å². The average molecular weight is 500 g/mol. The summed E-state index contributed by atoms with van der Waals surface area (Å²) in [4.78, 5) is 22.6. The van der Waals surface area contributed by atoms with Crippen molar-refractivity contribution in [3.8, 4) is 23.0 Å². The maximum absolute atomic E-state index is 10.8. The van der Waals surface area contributed by atoms with Gasteiger partial charge in [-0.25, -0.2) is 0 Å². The van der Waals surface area contributed by atoms with Crippen molar-refractivity contribution in [2.24, 2.45) is 0 Å². The van der Waals surface area contributed by atoms with Crippen LogP contribution in [-0.2, 0) is 0 Å². The number of hydrogen-bond donors (Lipinski definition) is 0. The van der Waals surface area contributed by atoms with E-state index in [9.17, 15) is 20.2 Å². The molecular formula is C22H30ClN3O8. The van der Waals surface area contributed by atoms with Gasteiger partial charge in [-0.2, -0.15) is 0 Å². The highest BCUT2D eigenvalue weighted by Gasteiger charge is 2.16. The molecule has 0 saturated heterocycles. The molecule has 11 nitrogen and oxygen atoms in total. The summed E-state index contributed by atoms with van der Waals surface area (Å²) in [6.07, 6.45) is 0. The largest absolute Gasteiger partial charge is 0.492 e. The molecule has 0 saturated carbocycles. The Kier molecular flexibility index (Phi) is 13.1. The van der Waals surface area contributed by atoms with Gasteiger partial charge in [-0.1, -0.05) is 13.8 Å². The predicted molar refractivity (Wildman–Crippen MR) is 129 cm³/mol. The topological polar surface area (TPSA) is 126 Å². The summed E-state index contributed by atoms with van der Waals surface area (Å²) in [5.41, 5.74) is -0.144. The van der Waals surface area contributed by atoms with Crippen LogP contribution in [0.15, 0.2) is 36.4 Å². The molecule has 0 heterocycles. The van der Waals surface area contributed by atoms with E-state index in [0.717, 1.165) is 19.6 Å². The molecule has 0 aliphatic carbocycles. The number of alkyl halides is 1. The van der Waals surface area contributed by atoms with E-state index < -0.39 is 9.85 Å². The lowest BCUT2D eigenvalue weighted by molar-refractivity contribution is -0.385. The second-order valence-corrected chi connectivity index (χ2v) is 6.97. The normalized spacial score (nSPS) is 10.2. The molecular weight excluding hydrogens is 470 g/mol. The first-order valence-electron chi connectivity index (χ1n) is 10.5. The van der Waals surface area contributed by atoms with Gasteiger partial charge in [-0.05, 0) is 25.2 Å². The summed E-state index contributed by atoms with van der Waals surface area (Å²) in [7, 11) is 2.77. The fraction of sp³-hybridized carbons (Fsp3) is 0.455. The molecule has 188 valence electrons. The van der Waals surface area contributed by atoms with Gasteiger partial charge in [0.25, 0.3) is 0 Å². The van der Waals surface area contributed by atoms with Crippen LogP contribution in [0.4, 0.5) is 11.4 Å². The van der Waals surface area contributed by atoms with Crippen LogP contribution in [0.1, 0.15) is 13.8 Å². The first-order chi connectivity index (χ1) is 16.3. The summed E-state index contributed by atoms with van der Waals surface area (Å²) < 4.78 is 20.6. The Morgan fingerprint density at radius 1 is 0.824 bits per heavy atom. The maximum Gasteiger partial charge on any atom is 0.311 e. The van der Waals surface area contributed by atoms with E-state index in [0.29, 0.717) is 30.6 Å². The molecule has 0 spiro atoms. The number of hydrogen-bond acceptors (Lipinski definition) is 9. The lowest BCUT2D eigenvalue weighted by Gasteiger charge is -2.18. The van der Waals surface area contributed by atoms with Gasteiger partial charge < -0.3 is 23.8 Å². The smallest absolute Gasteiger partial charge is 0.311 e. The number of methoxy groups -OCH3 is 2. The number of ether oxygens (including phenoxy) is 4. The number of benzene rings is 2. The van der Waals surface area contributed by atoms with Crippen LogP contribution >= 0.6 is 11.6 Å². The van der Waals surface area contributed by atoms with Crippen molar-refractivity contribution in [3.63, 3.8) is 0 Å². The molecule has 0 N–H and O–H groups in total. The summed E-state index contributed by atoms with van der Waals surface area (Å²) >= 11 is 5.44. The van der Waals surface area contributed by atoms with Crippen LogP contribution < -0.4 is 18.9 Å². The maximum atomic E-state index is 10.8. The Hall–Kier alpha value is -3.31. The van der Waals surface area contributed by atoms with Gasteiger partial charge in [0.05, 0.1) is 29.9 Å². The molecule has 0 radical (unpaired) electrons. The molecule has 0 aromatic heterocycles. The lowest BCUT2D eigenvalue weighted by Crippen LogP contribution is -2.27. The molecule has 0 aliphatic heterocycles. The highest BCUT2D eigenvalue weighted by atomic mass is 35.5. The minimum atomic E-state index is -0.510. The number of nitro benzene ring substituents is 2. The van der Waals surface area contributed by atoms with Crippen molar-refractivity contribution >= 4 is 23.0 Å². The molecule has 12 heteroatoms. The minimum Gasteiger partial charge on any atom is -0.492 e. The van der Waals surface area contributed by atoms with Crippen molar-refractivity contribution in [2.45, 2.75) is 13.8 Å². The zero-order chi connectivity index (χ0) is 25.5. The van der Waals surface area contributed by atoms with E-state index in [1.165, 1.54) is 38.5 Å². The Bertz CT molecular complexity index is 925. The Morgan fingerprint density at radius 2 is 1.26 bits per heavy atom. The van der Waals surface area contributed by atoms with Gasteiger partial charge in [0.2, 0.25) is 11.5 Å². The van der Waals surface area contributed by atoms with Gasteiger partial charge in [0.1, 0.15) is 24.7 Å². The fourth-order valence-electron chi connectivity index (χ4n) is 2.79. The van der Waals surface area contributed by atoms with Crippen LogP contribution in [0, 0.1) is 20.2 Å². The second kappa shape index (κ2) is 15.5. The van der Waals surface area contributed by atoms with Crippen molar-refractivity contribution in [3.05, 3.63) is 56.6 Å². The van der Waals surface area contributed by atoms with Gasteiger partial charge >= 0.3 is 11.4 Å². The molecule has 2 aromatic carbocycles. The molecule has 2 aromatic rings. The molecule has 0 atom stereocenters. The predicted octanol–water partition coefficient (Wildman–Crippen LogP) is 4.55. The third kappa shape index (κ3) is 9.28. The van der Waals surface area contributed by atoms with Crippen LogP contribution in [0.5, 0.6) is 23.0 Å². The number of nitrogens with zero attached hydrogens (tertiary/aromatic N) is 3. The SMILES string of the molecule is CCN(CC)CCOc1ccc([N+](=O)[O-])c(OC)c1.COc1cc(OCCCl)ccc1[N+](=O)[O-]. The van der Waals surface area contributed by atoms with E-state index >= 15 is 0 Å². The Morgan fingerprint density at radius 3 is 1.62 bits per heavy atom. The second-order valence-electron chi connectivity index (χ2n) is 6.59. The number of rotatable bonds is 13. The summed E-state index contributed by atoms with van der Waals surface area (Å²) in [5.74, 6) is 1.82. The highest BCUT2D eigenvalue weighted by molar-refractivity contribution is 6.18. The Balaban J connectivity index is 0.000000350. The van der Waals surface area contributed by atoms with Crippen molar-refractivity contribution in [1.29, 1.82) is 0 Å². The zero-order valence-corrected chi connectivity index (χ0v) is 20.4. The number of nitro groups is 2. The van der Waals surface area contributed by atoms with Crippen molar-refractivity contribution in [1.82, 2.24) is 4.90 Å². The quantitative estimate of drug-likeness (QED) is 0.221. The summed E-state index contributed by atoms with van der Waals surface area (Å²) in [5, 5.41) is 21.3. The van der Waals surface area contributed by atoms with Gasteiger partial charge in [-0.3, -0.25) is 20.2 Å². The molecule has 34 heavy (non-hydrogen) atoms. The minimum absolute atomic E-state index is 0.0569. The van der Waals surface area contributed by atoms with E-state index in [4.69, 9.17) is 30.5 Å². The summed E-state index contributed by atoms with van der Waals surface area (Å²) in [6.45, 7) is 7.86. The standard InChI is InChI=1S/C13H20N2O4.C9H10ClNO4/c1-4-14(5-2)8-9-19-11-6-7-12(15(16)17)13(10-11)18-3;1-14-9-6-7(15-5-4-10)2-3-8(9)11(12)13/h6-7,10H,4-5,8-9H2,1-3H3;2-3,6H,4-5H2,1H3. The summed E-state index contributed by atoms with van der Waals surface area (Å²) in [6, 6.07) is 8.83. The molecule has 2 rings (SSSR count). The van der Waals surface area contributed by atoms with Crippen molar-refractivity contribution in [2.75, 3.05) is 52.9 Å². The third-order valence-corrected chi connectivity index (χ3v) is 4.77. The lowest BCUT2D eigenvalue weighted by atomic mass is 10.3. The van der Waals surface area contributed by atoms with E-state index in [-0.39, 0.29) is 22.9 Å². The fourth-order valence-corrected chi connectivity index (χ4v) is 2.86. The molecule has 0 amide bonds. The highest BCUT2D eigenvalue weighted by Crippen LogP contribution is 2.31. The van der Waals surface area contributed by atoms with E-state index in [2.05, 4.69) is 18.7 Å². The van der Waals surface area contributed by atoms with E-state index in [1.807, 2.05) is 0 Å².